The van der Waals surface area contributed by atoms with Crippen LogP contribution in [0.15, 0.2) is 39.6 Å². The molecule has 0 unspecified atom stereocenters. The van der Waals surface area contributed by atoms with Crippen LogP contribution in [0.5, 0.6) is 0 Å². The molecule has 0 aliphatic heterocycles. The number of benzene rings is 1. The van der Waals surface area contributed by atoms with E-state index in [1.165, 1.54) is 10.7 Å². The summed E-state index contributed by atoms with van der Waals surface area (Å²) in [5, 5.41) is 13.5. The molecule has 110 valence electrons. The molecule has 0 spiro atoms. The van der Waals surface area contributed by atoms with E-state index in [9.17, 15) is 14.7 Å². The Labute approximate surface area is 130 Å². The molecule has 1 aromatic carbocycles. The summed E-state index contributed by atoms with van der Waals surface area (Å²) < 4.78 is 2.09. The lowest BCUT2D eigenvalue weighted by atomic mass is 10.1. The van der Waals surface area contributed by atoms with Crippen molar-refractivity contribution in [3.63, 3.8) is 0 Å². The first-order valence-corrected chi connectivity index (χ1v) is 7.29. The molecule has 2 rings (SSSR count). The molecular weight excluding hydrogens is 336 g/mol. The molecule has 21 heavy (non-hydrogen) atoms. The Kier molecular flexibility index (Phi) is 4.57. The molecule has 0 bridgehead atoms. The smallest absolute Gasteiger partial charge is 0.341 e. The van der Waals surface area contributed by atoms with Crippen LogP contribution in [0, 0.1) is 5.92 Å². The van der Waals surface area contributed by atoms with E-state index in [0.29, 0.717) is 12.2 Å². The van der Waals surface area contributed by atoms with E-state index in [-0.39, 0.29) is 11.5 Å². The average Bonchev–Trinajstić information content (AvgIpc) is 2.40. The van der Waals surface area contributed by atoms with Crippen molar-refractivity contribution in [3.8, 4) is 11.3 Å². The lowest BCUT2D eigenvalue weighted by Crippen LogP contribution is -2.30. The number of carboxylic acid groups (broad SMARTS) is 1. The summed E-state index contributed by atoms with van der Waals surface area (Å²) in [4.78, 5) is 23.4. The number of hydrogen-bond acceptors (Lipinski definition) is 3. The fraction of sp³-hybridized carbons (Fsp3) is 0.267. The van der Waals surface area contributed by atoms with Gasteiger partial charge in [0.1, 0.15) is 5.56 Å². The van der Waals surface area contributed by atoms with E-state index < -0.39 is 11.5 Å². The standard InChI is InChI=1S/C15H15BrN2O3/c1-9(2)8-18-14(19)12(15(20)21)7-13(17-18)10-4-3-5-11(16)6-10/h3-7,9H,8H2,1-2H3,(H,20,21). The van der Waals surface area contributed by atoms with Gasteiger partial charge in [-0.05, 0) is 24.1 Å². The minimum atomic E-state index is -1.24. The minimum absolute atomic E-state index is 0.189. The molecule has 0 aliphatic rings. The molecular formula is C15H15BrN2O3. The molecule has 5 nitrogen and oxygen atoms in total. The van der Waals surface area contributed by atoms with Crippen molar-refractivity contribution in [1.82, 2.24) is 9.78 Å². The SMILES string of the molecule is CC(C)Cn1nc(-c2cccc(Br)c2)cc(C(=O)O)c1=O. The molecule has 6 heteroatoms. The van der Waals surface area contributed by atoms with Gasteiger partial charge in [0.2, 0.25) is 0 Å². The van der Waals surface area contributed by atoms with E-state index in [1.54, 1.807) is 0 Å². The number of halogens is 1. The normalized spacial score (nSPS) is 10.9. The van der Waals surface area contributed by atoms with Crippen LogP contribution in [-0.2, 0) is 6.54 Å². The number of aromatic carboxylic acids is 1. The molecule has 0 aliphatic carbocycles. The third-order valence-electron chi connectivity index (χ3n) is 2.86. The van der Waals surface area contributed by atoms with Crippen molar-refractivity contribution in [1.29, 1.82) is 0 Å². The number of aromatic nitrogens is 2. The number of carbonyl (C=O) groups is 1. The van der Waals surface area contributed by atoms with Gasteiger partial charge in [-0.15, -0.1) is 0 Å². The first-order chi connectivity index (χ1) is 9.88. The van der Waals surface area contributed by atoms with Crippen molar-refractivity contribution in [2.24, 2.45) is 5.92 Å². The summed E-state index contributed by atoms with van der Waals surface area (Å²) >= 11 is 3.37. The van der Waals surface area contributed by atoms with Crippen molar-refractivity contribution in [3.05, 3.63) is 50.7 Å². The topological polar surface area (TPSA) is 72.2 Å². The second-order valence-corrected chi connectivity index (χ2v) is 6.06. The first kappa shape index (κ1) is 15.4. The van der Waals surface area contributed by atoms with Crippen molar-refractivity contribution in [2.75, 3.05) is 0 Å². The molecule has 2 aromatic rings. The Bertz CT molecular complexity index is 738. The van der Waals surface area contributed by atoms with Gasteiger partial charge in [-0.2, -0.15) is 5.10 Å². The van der Waals surface area contributed by atoms with Crippen LogP contribution in [0.3, 0.4) is 0 Å². The summed E-state index contributed by atoms with van der Waals surface area (Å²) in [7, 11) is 0. The fourth-order valence-corrected chi connectivity index (χ4v) is 2.35. The van der Waals surface area contributed by atoms with E-state index >= 15 is 0 Å². The maximum Gasteiger partial charge on any atom is 0.341 e. The second-order valence-electron chi connectivity index (χ2n) is 5.14. The van der Waals surface area contributed by atoms with Crippen LogP contribution in [0.25, 0.3) is 11.3 Å². The molecule has 0 radical (unpaired) electrons. The molecule has 0 fully saturated rings. The van der Waals surface area contributed by atoms with Crippen LogP contribution >= 0.6 is 15.9 Å². The predicted molar refractivity (Wildman–Crippen MR) is 83.4 cm³/mol. The van der Waals surface area contributed by atoms with Crippen molar-refractivity contribution >= 4 is 21.9 Å². The molecule has 1 aromatic heterocycles. The Morgan fingerprint density at radius 3 is 2.67 bits per heavy atom. The zero-order valence-corrected chi connectivity index (χ0v) is 13.3. The van der Waals surface area contributed by atoms with Crippen LogP contribution < -0.4 is 5.56 Å². The highest BCUT2D eigenvalue weighted by Crippen LogP contribution is 2.21. The Balaban J connectivity index is 2.64. The quantitative estimate of drug-likeness (QED) is 0.919. The maximum atomic E-state index is 12.1. The lowest BCUT2D eigenvalue weighted by molar-refractivity contribution is 0.0693. The van der Waals surface area contributed by atoms with Gasteiger partial charge in [0, 0.05) is 16.6 Å². The van der Waals surface area contributed by atoms with Gasteiger partial charge >= 0.3 is 5.97 Å². The average molecular weight is 351 g/mol. The molecule has 0 atom stereocenters. The summed E-state index contributed by atoms with van der Waals surface area (Å²) in [6.45, 7) is 4.27. The van der Waals surface area contributed by atoms with Gasteiger partial charge in [0.05, 0.1) is 5.69 Å². The number of nitrogens with zero attached hydrogens (tertiary/aromatic N) is 2. The van der Waals surface area contributed by atoms with E-state index in [0.717, 1.165) is 10.0 Å². The molecule has 0 saturated heterocycles. The van der Waals surface area contributed by atoms with E-state index in [1.807, 2.05) is 38.1 Å². The van der Waals surface area contributed by atoms with Gasteiger partial charge in [-0.1, -0.05) is 41.9 Å². The van der Waals surface area contributed by atoms with Crippen LogP contribution in [-0.4, -0.2) is 20.9 Å². The third kappa shape index (κ3) is 3.58. The van der Waals surface area contributed by atoms with E-state index in [4.69, 9.17) is 0 Å². The fourth-order valence-electron chi connectivity index (χ4n) is 1.95. The summed E-state index contributed by atoms with van der Waals surface area (Å²) in [5.41, 5.74) is 0.383. The summed E-state index contributed by atoms with van der Waals surface area (Å²) in [6, 6.07) is 8.68. The highest BCUT2D eigenvalue weighted by molar-refractivity contribution is 9.10. The van der Waals surface area contributed by atoms with Gasteiger partial charge in [0.15, 0.2) is 0 Å². The lowest BCUT2D eigenvalue weighted by Gasteiger charge is -2.11. The zero-order valence-electron chi connectivity index (χ0n) is 11.7. The monoisotopic (exact) mass is 350 g/mol. The van der Waals surface area contributed by atoms with Crippen LogP contribution in [0.2, 0.25) is 0 Å². The Hall–Kier alpha value is -1.95. The number of hydrogen-bond donors (Lipinski definition) is 1. The number of rotatable bonds is 4. The van der Waals surface area contributed by atoms with Gasteiger partial charge in [0.25, 0.3) is 5.56 Å². The minimum Gasteiger partial charge on any atom is -0.477 e. The maximum absolute atomic E-state index is 12.1. The second kappa shape index (κ2) is 6.22. The Morgan fingerprint density at radius 1 is 1.38 bits per heavy atom. The zero-order chi connectivity index (χ0) is 15.6. The highest BCUT2D eigenvalue weighted by Gasteiger charge is 2.16. The largest absolute Gasteiger partial charge is 0.477 e. The number of carboxylic acids is 1. The van der Waals surface area contributed by atoms with Crippen LogP contribution in [0.4, 0.5) is 0 Å². The summed E-state index contributed by atoms with van der Waals surface area (Å²) in [5.74, 6) is -1.05. The van der Waals surface area contributed by atoms with Gasteiger partial charge in [-0.25, -0.2) is 9.48 Å². The molecule has 1 heterocycles. The van der Waals surface area contributed by atoms with Crippen molar-refractivity contribution < 1.29 is 9.90 Å². The van der Waals surface area contributed by atoms with Crippen molar-refractivity contribution in [2.45, 2.75) is 20.4 Å². The molecule has 1 N–H and O–H groups in total. The first-order valence-electron chi connectivity index (χ1n) is 6.50. The predicted octanol–water partition coefficient (Wildman–Crippen LogP) is 3.03. The summed E-state index contributed by atoms with van der Waals surface area (Å²) in [6.07, 6.45) is 0. The molecule has 0 saturated carbocycles. The molecule has 0 amide bonds. The third-order valence-corrected chi connectivity index (χ3v) is 3.36. The van der Waals surface area contributed by atoms with Gasteiger partial charge < -0.3 is 5.11 Å². The van der Waals surface area contributed by atoms with E-state index in [2.05, 4.69) is 21.0 Å². The van der Waals surface area contributed by atoms with Crippen LogP contribution in [0.1, 0.15) is 24.2 Å². The highest BCUT2D eigenvalue weighted by atomic mass is 79.9. The van der Waals surface area contributed by atoms with Gasteiger partial charge in [-0.3, -0.25) is 4.79 Å². The Morgan fingerprint density at radius 2 is 2.10 bits per heavy atom.